The molecule has 0 fully saturated rings. The van der Waals surface area contributed by atoms with Gasteiger partial charge in [-0.05, 0) is 17.7 Å². The van der Waals surface area contributed by atoms with E-state index in [9.17, 15) is 0 Å². The number of benzene rings is 2. The second-order valence-electron chi connectivity index (χ2n) is 4.89. The molecule has 0 saturated heterocycles. The highest BCUT2D eigenvalue weighted by molar-refractivity contribution is 5.24. The highest BCUT2D eigenvalue weighted by Gasteiger charge is 2.13. The highest BCUT2D eigenvalue weighted by Crippen LogP contribution is 2.21. The van der Waals surface area contributed by atoms with Crippen molar-refractivity contribution in [1.82, 2.24) is 5.32 Å². The molecule has 2 rings (SSSR count). The molecular weight excluding hydrogens is 234 g/mol. The maximum atomic E-state index is 6.09. The minimum Gasteiger partial charge on any atom is -0.484 e. The van der Waals surface area contributed by atoms with Crippen LogP contribution in [0.4, 0.5) is 0 Å². The molecule has 0 aliphatic rings. The molecule has 0 aliphatic heterocycles. The van der Waals surface area contributed by atoms with Gasteiger partial charge < -0.3 is 10.1 Å². The van der Waals surface area contributed by atoms with Crippen LogP contribution in [0.1, 0.15) is 25.5 Å². The third-order valence-electron chi connectivity index (χ3n) is 2.90. The van der Waals surface area contributed by atoms with E-state index in [-0.39, 0.29) is 6.10 Å². The van der Waals surface area contributed by atoms with Gasteiger partial charge in [0, 0.05) is 12.6 Å². The van der Waals surface area contributed by atoms with Crippen molar-refractivity contribution in [2.75, 3.05) is 6.54 Å². The molecule has 0 amide bonds. The van der Waals surface area contributed by atoms with E-state index in [2.05, 4.69) is 31.3 Å². The quantitative estimate of drug-likeness (QED) is 0.847. The number of para-hydroxylation sites is 1. The summed E-state index contributed by atoms with van der Waals surface area (Å²) in [6.07, 6.45) is 0.0333. The molecule has 1 atom stereocenters. The van der Waals surface area contributed by atoms with Gasteiger partial charge in [-0.3, -0.25) is 0 Å². The fourth-order valence-electron chi connectivity index (χ4n) is 1.90. The van der Waals surface area contributed by atoms with Gasteiger partial charge >= 0.3 is 0 Å². The van der Waals surface area contributed by atoms with Gasteiger partial charge in [-0.2, -0.15) is 0 Å². The SMILES string of the molecule is CC(C)NCC(Oc1ccccc1)c1ccccc1. The Kier molecular flexibility index (Phi) is 4.99. The first-order valence-corrected chi connectivity index (χ1v) is 6.76. The van der Waals surface area contributed by atoms with Crippen molar-refractivity contribution in [3.05, 3.63) is 66.2 Å². The molecule has 0 bridgehead atoms. The largest absolute Gasteiger partial charge is 0.484 e. The number of hydrogen-bond acceptors (Lipinski definition) is 2. The molecule has 2 aromatic rings. The van der Waals surface area contributed by atoms with Crippen LogP contribution in [0, 0.1) is 0 Å². The molecular formula is C17H21NO. The average molecular weight is 255 g/mol. The van der Waals surface area contributed by atoms with Crippen LogP contribution in [0.3, 0.4) is 0 Å². The second-order valence-corrected chi connectivity index (χ2v) is 4.89. The summed E-state index contributed by atoms with van der Waals surface area (Å²) in [5.41, 5.74) is 1.19. The van der Waals surface area contributed by atoms with Crippen LogP contribution in [0.2, 0.25) is 0 Å². The first-order chi connectivity index (χ1) is 9.25. The summed E-state index contributed by atoms with van der Waals surface area (Å²) in [6.45, 7) is 5.09. The zero-order valence-corrected chi connectivity index (χ0v) is 11.5. The Balaban J connectivity index is 2.10. The summed E-state index contributed by atoms with van der Waals surface area (Å²) in [6, 6.07) is 20.8. The maximum Gasteiger partial charge on any atom is 0.136 e. The van der Waals surface area contributed by atoms with Gasteiger partial charge in [0.2, 0.25) is 0 Å². The summed E-state index contributed by atoms with van der Waals surface area (Å²) in [5.74, 6) is 0.905. The molecule has 2 heteroatoms. The van der Waals surface area contributed by atoms with E-state index in [0.29, 0.717) is 6.04 Å². The van der Waals surface area contributed by atoms with Gasteiger partial charge in [0.05, 0.1) is 0 Å². The van der Waals surface area contributed by atoms with Gasteiger partial charge in [0.15, 0.2) is 0 Å². The Morgan fingerprint density at radius 1 is 0.895 bits per heavy atom. The third kappa shape index (κ3) is 4.42. The lowest BCUT2D eigenvalue weighted by atomic mass is 10.1. The molecule has 0 aromatic heterocycles. The van der Waals surface area contributed by atoms with Gasteiger partial charge in [-0.15, -0.1) is 0 Å². The normalized spacial score (nSPS) is 12.4. The van der Waals surface area contributed by atoms with Crippen LogP contribution in [-0.2, 0) is 0 Å². The van der Waals surface area contributed by atoms with E-state index in [0.717, 1.165) is 12.3 Å². The molecule has 0 aliphatic carbocycles. The number of rotatable bonds is 6. The summed E-state index contributed by atoms with van der Waals surface area (Å²) < 4.78 is 6.09. The fourth-order valence-corrected chi connectivity index (χ4v) is 1.90. The summed E-state index contributed by atoms with van der Waals surface area (Å²) >= 11 is 0. The van der Waals surface area contributed by atoms with Crippen LogP contribution in [0.15, 0.2) is 60.7 Å². The number of nitrogens with one attached hydrogen (secondary N) is 1. The number of ether oxygens (including phenoxy) is 1. The summed E-state index contributed by atoms with van der Waals surface area (Å²) in [4.78, 5) is 0. The molecule has 0 radical (unpaired) electrons. The average Bonchev–Trinajstić information content (AvgIpc) is 2.45. The van der Waals surface area contributed by atoms with Crippen molar-refractivity contribution < 1.29 is 4.74 Å². The van der Waals surface area contributed by atoms with E-state index in [1.54, 1.807) is 0 Å². The molecule has 2 aromatic carbocycles. The molecule has 19 heavy (non-hydrogen) atoms. The van der Waals surface area contributed by atoms with Crippen molar-refractivity contribution in [2.24, 2.45) is 0 Å². The summed E-state index contributed by atoms with van der Waals surface area (Å²) in [7, 11) is 0. The Bertz CT molecular complexity index is 467. The van der Waals surface area contributed by atoms with Crippen LogP contribution in [0.5, 0.6) is 5.75 Å². The first kappa shape index (κ1) is 13.6. The minimum absolute atomic E-state index is 0.0333. The van der Waals surface area contributed by atoms with E-state index < -0.39 is 0 Å². The Morgan fingerprint density at radius 3 is 2.05 bits per heavy atom. The first-order valence-electron chi connectivity index (χ1n) is 6.76. The van der Waals surface area contributed by atoms with E-state index >= 15 is 0 Å². The van der Waals surface area contributed by atoms with Crippen molar-refractivity contribution in [1.29, 1.82) is 0 Å². The van der Waals surface area contributed by atoms with Gasteiger partial charge in [0.1, 0.15) is 11.9 Å². The number of hydrogen-bond donors (Lipinski definition) is 1. The Hall–Kier alpha value is -1.80. The molecule has 1 unspecified atom stereocenters. The lowest BCUT2D eigenvalue weighted by molar-refractivity contribution is 0.198. The van der Waals surface area contributed by atoms with Crippen LogP contribution in [-0.4, -0.2) is 12.6 Å². The predicted octanol–water partition coefficient (Wildman–Crippen LogP) is 3.80. The Morgan fingerprint density at radius 2 is 1.47 bits per heavy atom. The standard InChI is InChI=1S/C17H21NO/c1-14(2)18-13-17(15-9-5-3-6-10-15)19-16-11-7-4-8-12-16/h3-12,14,17-18H,13H2,1-2H3. The lowest BCUT2D eigenvalue weighted by Gasteiger charge is -2.21. The van der Waals surface area contributed by atoms with Crippen LogP contribution in [0.25, 0.3) is 0 Å². The smallest absolute Gasteiger partial charge is 0.136 e. The Labute approximate surface area is 115 Å². The van der Waals surface area contributed by atoms with Crippen molar-refractivity contribution >= 4 is 0 Å². The van der Waals surface area contributed by atoms with Crippen molar-refractivity contribution in [2.45, 2.75) is 26.0 Å². The topological polar surface area (TPSA) is 21.3 Å². The molecule has 0 spiro atoms. The maximum absolute atomic E-state index is 6.09. The van der Waals surface area contributed by atoms with E-state index in [4.69, 9.17) is 4.74 Å². The van der Waals surface area contributed by atoms with Crippen LogP contribution < -0.4 is 10.1 Å². The van der Waals surface area contributed by atoms with E-state index in [1.807, 2.05) is 48.5 Å². The molecule has 0 heterocycles. The third-order valence-corrected chi connectivity index (χ3v) is 2.90. The molecule has 0 saturated carbocycles. The second kappa shape index (κ2) is 6.95. The minimum atomic E-state index is 0.0333. The summed E-state index contributed by atoms with van der Waals surface area (Å²) in [5, 5.41) is 3.44. The predicted molar refractivity (Wildman–Crippen MR) is 79.4 cm³/mol. The fraction of sp³-hybridized carbons (Fsp3) is 0.294. The van der Waals surface area contributed by atoms with Gasteiger partial charge in [0.25, 0.3) is 0 Å². The highest BCUT2D eigenvalue weighted by atomic mass is 16.5. The molecule has 100 valence electrons. The van der Waals surface area contributed by atoms with Crippen molar-refractivity contribution in [3.63, 3.8) is 0 Å². The van der Waals surface area contributed by atoms with Crippen molar-refractivity contribution in [3.8, 4) is 5.75 Å². The monoisotopic (exact) mass is 255 g/mol. The zero-order valence-electron chi connectivity index (χ0n) is 11.5. The van der Waals surface area contributed by atoms with E-state index in [1.165, 1.54) is 5.56 Å². The zero-order chi connectivity index (χ0) is 13.5. The molecule has 2 nitrogen and oxygen atoms in total. The van der Waals surface area contributed by atoms with Gasteiger partial charge in [-0.1, -0.05) is 62.4 Å². The van der Waals surface area contributed by atoms with Crippen LogP contribution >= 0.6 is 0 Å². The van der Waals surface area contributed by atoms with Gasteiger partial charge in [-0.25, -0.2) is 0 Å². The molecule has 1 N–H and O–H groups in total. The lowest BCUT2D eigenvalue weighted by Crippen LogP contribution is -2.30.